The van der Waals surface area contributed by atoms with E-state index < -0.39 is 0 Å². The Hall–Kier alpha value is -5.82. The second kappa shape index (κ2) is 10.3. The molecular formula is C41H36N6O. The summed E-state index contributed by atoms with van der Waals surface area (Å²) in [5.74, 6) is 2.47. The second-order valence-electron chi connectivity index (χ2n) is 13.8. The van der Waals surface area contributed by atoms with Crippen molar-refractivity contribution in [3.63, 3.8) is 0 Å². The van der Waals surface area contributed by atoms with E-state index in [2.05, 4.69) is 150 Å². The molecule has 9 rings (SSSR count). The third kappa shape index (κ3) is 4.27. The SMILES string of the molecule is CN1CN(c2cccc(Oc3ccc4c5ccccc5n(-c5cc(C(C)(C)C)ccn5)c4c3)c2)c2ccc3c(c21)c1cccnc1n3C. The van der Waals surface area contributed by atoms with Gasteiger partial charge in [0.2, 0.25) is 0 Å². The van der Waals surface area contributed by atoms with Crippen molar-refractivity contribution in [1.29, 1.82) is 0 Å². The van der Waals surface area contributed by atoms with Crippen LogP contribution in [0.2, 0.25) is 0 Å². The fourth-order valence-electron chi connectivity index (χ4n) is 7.39. The summed E-state index contributed by atoms with van der Waals surface area (Å²) >= 11 is 0. The molecule has 0 fully saturated rings. The summed E-state index contributed by atoms with van der Waals surface area (Å²) in [6.07, 6.45) is 3.78. The van der Waals surface area contributed by atoms with Crippen molar-refractivity contribution < 1.29 is 4.74 Å². The van der Waals surface area contributed by atoms with Crippen LogP contribution in [0, 0.1) is 0 Å². The highest BCUT2D eigenvalue weighted by Gasteiger charge is 2.29. The molecule has 0 radical (unpaired) electrons. The molecule has 0 unspecified atom stereocenters. The fourth-order valence-corrected chi connectivity index (χ4v) is 7.39. The summed E-state index contributed by atoms with van der Waals surface area (Å²) in [5, 5.41) is 4.77. The first kappa shape index (κ1) is 28.4. The Bertz CT molecular complexity index is 2550. The summed E-state index contributed by atoms with van der Waals surface area (Å²) in [4.78, 5) is 14.2. The number of para-hydroxylation sites is 1. The Morgan fingerprint density at radius 2 is 1.48 bits per heavy atom. The van der Waals surface area contributed by atoms with Gasteiger partial charge in [0.05, 0.1) is 34.6 Å². The van der Waals surface area contributed by atoms with Gasteiger partial charge in [0.1, 0.15) is 23.0 Å². The number of nitrogens with zero attached hydrogens (tertiary/aromatic N) is 6. The van der Waals surface area contributed by atoms with Crippen molar-refractivity contribution in [2.24, 2.45) is 7.05 Å². The molecule has 0 spiro atoms. The average molecular weight is 629 g/mol. The van der Waals surface area contributed by atoms with Crippen molar-refractivity contribution >= 4 is 60.8 Å². The van der Waals surface area contributed by atoms with Crippen molar-refractivity contribution in [3.8, 4) is 17.3 Å². The van der Waals surface area contributed by atoms with Gasteiger partial charge in [-0.2, -0.15) is 0 Å². The second-order valence-corrected chi connectivity index (χ2v) is 13.8. The average Bonchev–Trinajstić information content (AvgIpc) is 3.71. The normalized spacial score (nSPS) is 13.4. The van der Waals surface area contributed by atoms with Gasteiger partial charge in [-0.05, 0) is 77.7 Å². The van der Waals surface area contributed by atoms with Gasteiger partial charge in [0, 0.05) is 65.9 Å². The minimum absolute atomic E-state index is 0.0124. The van der Waals surface area contributed by atoms with Crippen molar-refractivity contribution in [2.45, 2.75) is 26.2 Å². The lowest BCUT2D eigenvalue weighted by Crippen LogP contribution is -2.23. The Labute approximate surface area is 279 Å². The molecule has 0 amide bonds. The number of hydrogen-bond acceptors (Lipinski definition) is 5. The van der Waals surface area contributed by atoms with Crippen LogP contribution in [0.15, 0.2) is 116 Å². The van der Waals surface area contributed by atoms with Gasteiger partial charge in [0.15, 0.2) is 0 Å². The van der Waals surface area contributed by atoms with Gasteiger partial charge in [-0.25, -0.2) is 9.97 Å². The number of pyridine rings is 2. The third-order valence-corrected chi connectivity index (χ3v) is 9.75. The Morgan fingerprint density at radius 1 is 0.667 bits per heavy atom. The lowest BCUT2D eigenvalue weighted by atomic mass is 9.88. The summed E-state index contributed by atoms with van der Waals surface area (Å²) in [6, 6.07) is 36.2. The van der Waals surface area contributed by atoms with Gasteiger partial charge < -0.3 is 19.1 Å². The molecule has 0 N–H and O–H groups in total. The zero-order valence-corrected chi connectivity index (χ0v) is 27.8. The Morgan fingerprint density at radius 3 is 2.35 bits per heavy atom. The van der Waals surface area contributed by atoms with Gasteiger partial charge >= 0.3 is 0 Å². The first-order chi connectivity index (χ1) is 23.3. The van der Waals surface area contributed by atoms with Crippen LogP contribution in [0.25, 0.3) is 49.6 Å². The Balaban J connectivity index is 1.11. The summed E-state index contributed by atoms with van der Waals surface area (Å²) in [6.45, 7) is 7.44. The topological polar surface area (TPSA) is 51.4 Å². The summed E-state index contributed by atoms with van der Waals surface area (Å²) < 4.78 is 11.0. The largest absolute Gasteiger partial charge is 0.457 e. The third-order valence-electron chi connectivity index (χ3n) is 9.75. The molecule has 0 aliphatic carbocycles. The smallest absolute Gasteiger partial charge is 0.140 e. The number of benzene rings is 4. The van der Waals surface area contributed by atoms with Crippen molar-refractivity contribution in [1.82, 2.24) is 19.1 Å². The molecule has 236 valence electrons. The first-order valence-electron chi connectivity index (χ1n) is 16.4. The zero-order chi connectivity index (χ0) is 32.7. The number of hydrogen-bond donors (Lipinski definition) is 0. The van der Waals surface area contributed by atoms with E-state index in [4.69, 9.17) is 9.72 Å². The zero-order valence-electron chi connectivity index (χ0n) is 27.8. The highest BCUT2D eigenvalue weighted by molar-refractivity contribution is 6.17. The highest BCUT2D eigenvalue weighted by Crippen LogP contribution is 2.47. The summed E-state index contributed by atoms with van der Waals surface area (Å²) in [5.41, 5.74) is 9.10. The van der Waals surface area contributed by atoms with E-state index in [1.54, 1.807) is 0 Å². The van der Waals surface area contributed by atoms with Crippen LogP contribution >= 0.6 is 0 Å². The van der Waals surface area contributed by atoms with E-state index in [-0.39, 0.29) is 5.41 Å². The maximum absolute atomic E-state index is 6.61. The minimum atomic E-state index is 0.0124. The quantitative estimate of drug-likeness (QED) is 0.194. The first-order valence-corrected chi connectivity index (χ1v) is 16.4. The van der Waals surface area contributed by atoms with Gasteiger partial charge in [0.25, 0.3) is 0 Å². The van der Waals surface area contributed by atoms with E-state index in [0.29, 0.717) is 0 Å². The van der Waals surface area contributed by atoms with Crippen LogP contribution in [0.3, 0.4) is 0 Å². The summed E-state index contributed by atoms with van der Waals surface area (Å²) in [7, 11) is 4.25. The minimum Gasteiger partial charge on any atom is -0.457 e. The Kier molecular flexibility index (Phi) is 6.12. The van der Waals surface area contributed by atoms with Crippen molar-refractivity contribution in [2.75, 3.05) is 23.5 Å². The van der Waals surface area contributed by atoms with Crippen LogP contribution in [0.4, 0.5) is 17.1 Å². The molecule has 7 nitrogen and oxygen atoms in total. The van der Waals surface area contributed by atoms with E-state index in [1.165, 1.54) is 44.0 Å². The monoisotopic (exact) mass is 628 g/mol. The van der Waals surface area contributed by atoms with Crippen LogP contribution in [0.1, 0.15) is 26.3 Å². The molecule has 48 heavy (non-hydrogen) atoms. The number of aryl methyl sites for hydroxylation is 1. The van der Waals surface area contributed by atoms with Crippen LogP contribution in [0.5, 0.6) is 11.5 Å². The molecule has 0 bridgehead atoms. The van der Waals surface area contributed by atoms with Crippen LogP contribution in [-0.2, 0) is 12.5 Å². The number of rotatable bonds is 4. The van der Waals surface area contributed by atoms with Crippen molar-refractivity contribution in [3.05, 3.63) is 121 Å². The molecule has 4 aromatic carbocycles. The molecule has 0 atom stereocenters. The molecule has 8 aromatic rings. The number of aromatic nitrogens is 4. The molecule has 1 aliphatic heterocycles. The number of ether oxygens (including phenoxy) is 1. The molecule has 0 saturated carbocycles. The molecule has 5 heterocycles. The van der Waals surface area contributed by atoms with E-state index in [9.17, 15) is 0 Å². The fraction of sp³-hybridized carbons (Fsp3) is 0.171. The lowest BCUT2D eigenvalue weighted by Gasteiger charge is -2.20. The lowest BCUT2D eigenvalue weighted by molar-refractivity contribution is 0.483. The molecular weight excluding hydrogens is 592 g/mol. The molecule has 7 heteroatoms. The van der Waals surface area contributed by atoms with Gasteiger partial charge in [-0.1, -0.05) is 45.0 Å². The van der Waals surface area contributed by atoms with E-state index in [0.717, 1.165) is 46.4 Å². The predicted octanol–water partition coefficient (Wildman–Crippen LogP) is 9.85. The standard InChI is InChI=1S/C41H36N6O/c1-41(2,3)26-19-21-42-37(22-26)47-33-14-7-6-12-30(33)31-16-15-29(24-36(31)47)48-28-11-8-10-27(23-28)46-25-44(4)39-35(46)18-17-34-38(39)32-13-9-20-43-40(32)45(34)5/h6-24H,25H2,1-5H3. The van der Waals surface area contributed by atoms with Gasteiger partial charge in [-0.3, -0.25) is 4.57 Å². The van der Waals surface area contributed by atoms with E-state index in [1.807, 2.05) is 24.5 Å². The number of fused-ring (bicyclic) bond motifs is 8. The van der Waals surface area contributed by atoms with Gasteiger partial charge in [-0.15, -0.1) is 0 Å². The predicted molar refractivity (Wildman–Crippen MR) is 197 cm³/mol. The van der Waals surface area contributed by atoms with E-state index >= 15 is 0 Å². The maximum Gasteiger partial charge on any atom is 0.140 e. The molecule has 1 aliphatic rings. The van der Waals surface area contributed by atoms with Crippen LogP contribution in [-0.4, -0.2) is 32.8 Å². The molecule has 0 saturated heterocycles. The maximum atomic E-state index is 6.61. The highest BCUT2D eigenvalue weighted by atomic mass is 16.5. The van der Waals surface area contributed by atoms with Crippen LogP contribution < -0.4 is 14.5 Å². The number of anilines is 3. The molecule has 4 aromatic heterocycles.